The van der Waals surface area contributed by atoms with Crippen molar-refractivity contribution >= 4 is 0 Å². The third kappa shape index (κ3) is 90.6. The van der Waals surface area contributed by atoms with E-state index < -0.39 is 13.4 Å². The number of hydrogen-bond acceptors (Lipinski definition) is 2. The van der Waals surface area contributed by atoms with Crippen molar-refractivity contribution in [2.24, 2.45) is 0 Å². The van der Waals surface area contributed by atoms with Crippen molar-refractivity contribution < 1.29 is 87.7 Å². The molecule has 0 radical (unpaired) electrons. The van der Waals surface area contributed by atoms with Crippen LogP contribution in [0.15, 0.2) is 0 Å². The Kier molecular flexibility index (Phi) is 13.1. The minimum absolute atomic E-state index is 0. The predicted molar refractivity (Wildman–Crippen MR) is 10.5 cm³/mol. The Bertz CT molecular complexity index is 95.6. The summed E-state index contributed by atoms with van der Waals surface area (Å²) in [5, 5.41) is 0. The van der Waals surface area contributed by atoms with Gasteiger partial charge >= 0.3 is 80.8 Å². The van der Waals surface area contributed by atoms with Gasteiger partial charge in [-0.1, -0.05) is 0 Å². The van der Waals surface area contributed by atoms with E-state index in [0.29, 0.717) is 0 Å². The topological polar surface area (TPSA) is 106 Å². The summed E-state index contributed by atoms with van der Waals surface area (Å²) in [7, 11) is 0. The van der Waals surface area contributed by atoms with Crippen molar-refractivity contribution in [2.75, 3.05) is 0 Å². The van der Waals surface area contributed by atoms with Gasteiger partial charge in [0.15, 0.2) is 0 Å². The van der Waals surface area contributed by atoms with Gasteiger partial charge in [-0.3, -0.25) is 0 Å². The molecule has 0 saturated carbocycles. The number of hydrogen-bond donors (Lipinski definition) is 2. The SMILES string of the molecule is O.[H-].[K+].[O]=[Mn](=[O])([OH])[OH]. The van der Waals surface area contributed by atoms with E-state index in [1.165, 1.54) is 0 Å². The maximum atomic E-state index is 8.80. The Balaban J connectivity index is -0.0000000267. The van der Waals surface area contributed by atoms with Gasteiger partial charge in [0.05, 0.1) is 0 Å². The van der Waals surface area contributed by atoms with E-state index in [0.717, 1.165) is 0 Å². The summed E-state index contributed by atoms with van der Waals surface area (Å²) in [6.07, 6.45) is 0. The molecular formula is H5KMnO5. The molecule has 0 amide bonds. The standard InChI is InChI=1S/K.Mn.3H2O.2O.H/h;;3*1H2;;;/q+1;+2;;;;;;-1/p-2. The van der Waals surface area contributed by atoms with Gasteiger partial charge in [0.1, 0.15) is 0 Å². The molecule has 0 bridgehead atoms. The summed E-state index contributed by atoms with van der Waals surface area (Å²) in [5.74, 6) is 0. The van der Waals surface area contributed by atoms with Crippen molar-refractivity contribution in [3.8, 4) is 0 Å². The summed E-state index contributed by atoms with van der Waals surface area (Å²) in [6, 6.07) is 0. The van der Waals surface area contributed by atoms with Crippen LogP contribution in [-0.4, -0.2) is 13.9 Å². The molecule has 0 heterocycles. The molecule has 0 aliphatic carbocycles. The normalized spacial score (nSPS) is 8.29. The Morgan fingerprint density at radius 2 is 1.29 bits per heavy atom. The molecule has 0 aromatic carbocycles. The van der Waals surface area contributed by atoms with Crippen molar-refractivity contribution in [3.05, 3.63) is 0 Å². The van der Waals surface area contributed by atoms with Gasteiger partial charge in [-0.2, -0.15) is 0 Å². The second-order valence-corrected chi connectivity index (χ2v) is 1.71. The van der Waals surface area contributed by atoms with Crippen molar-refractivity contribution in [1.29, 1.82) is 0 Å². The fraction of sp³-hybridized carbons (Fsp3) is 0. The van der Waals surface area contributed by atoms with Gasteiger partial charge in [0.25, 0.3) is 0 Å². The maximum absolute atomic E-state index is 8.80. The van der Waals surface area contributed by atoms with E-state index in [1.807, 2.05) is 0 Å². The third-order valence-corrected chi connectivity index (χ3v) is 0. The molecule has 0 atom stereocenters. The van der Waals surface area contributed by atoms with Gasteiger partial charge in [-0.25, -0.2) is 0 Å². The molecule has 4 N–H and O–H groups in total. The Morgan fingerprint density at radius 1 is 1.29 bits per heavy atom. The van der Waals surface area contributed by atoms with Crippen LogP contribution >= 0.6 is 0 Å². The van der Waals surface area contributed by atoms with Crippen LogP contribution in [0.5, 0.6) is 0 Å². The van der Waals surface area contributed by atoms with E-state index in [-0.39, 0.29) is 58.3 Å². The molecule has 0 saturated heterocycles. The van der Waals surface area contributed by atoms with Crippen LogP contribution in [-0.2, 0) is 21.0 Å². The van der Waals surface area contributed by atoms with E-state index in [1.54, 1.807) is 0 Å². The second kappa shape index (κ2) is 5.77. The number of rotatable bonds is 0. The van der Waals surface area contributed by atoms with Crippen LogP contribution in [0.4, 0.5) is 0 Å². The molecule has 0 aliphatic heterocycles. The zero-order valence-corrected chi connectivity index (χ0v) is 7.89. The van der Waals surface area contributed by atoms with Crippen LogP contribution < -0.4 is 51.4 Å². The monoisotopic (exact) mass is 179 g/mol. The average Bonchev–Trinajstić information content (AvgIpc) is 0.722. The molecule has 43 valence electrons. The van der Waals surface area contributed by atoms with Crippen molar-refractivity contribution in [1.82, 2.24) is 0 Å². The first-order chi connectivity index (χ1) is 2.00. The molecule has 0 rings (SSSR count). The molecule has 7 heteroatoms. The zero-order chi connectivity index (χ0) is 4.50. The first-order valence-electron chi connectivity index (χ1n) is 0.647. The molecule has 0 aromatic heterocycles. The molecule has 0 aromatic rings. The molecule has 7 heavy (non-hydrogen) atoms. The zero-order valence-electron chi connectivity index (χ0n) is 4.59. The molecule has 0 unspecified atom stereocenters. The third-order valence-electron chi connectivity index (χ3n) is 0. The van der Waals surface area contributed by atoms with Gasteiger partial charge in [-0.15, -0.1) is 0 Å². The minimum atomic E-state index is -5.12. The van der Waals surface area contributed by atoms with Gasteiger partial charge in [-0.05, 0) is 0 Å². The van der Waals surface area contributed by atoms with E-state index >= 15 is 0 Å². The van der Waals surface area contributed by atoms with Gasteiger partial charge < -0.3 is 6.90 Å². The molecule has 5 nitrogen and oxygen atoms in total. The van der Waals surface area contributed by atoms with Crippen molar-refractivity contribution in [2.45, 2.75) is 0 Å². The Morgan fingerprint density at radius 3 is 1.29 bits per heavy atom. The first-order valence-corrected chi connectivity index (χ1v) is 2.67. The quantitative estimate of drug-likeness (QED) is 0.363. The van der Waals surface area contributed by atoms with E-state index in [4.69, 9.17) is 16.0 Å². The fourth-order valence-corrected chi connectivity index (χ4v) is 0. The molecule has 0 fully saturated rings. The van der Waals surface area contributed by atoms with Gasteiger partial charge in [0, 0.05) is 0 Å². The molecular weight excluding hydrogens is 174 g/mol. The van der Waals surface area contributed by atoms with E-state index in [2.05, 4.69) is 0 Å². The predicted octanol–water partition coefficient (Wildman–Crippen LogP) is -5.06. The van der Waals surface area contributed by atoms with Gasteiger partial charge in [0.2, 0.25) is 0 Å². The van der Waals surface area contributed by atoms with Crippen LogP contribution in [0.2, 0.25) is 0 Å². The summed E-state index contributed by atoms with van der Waals surface area (Å²) in [6.45, 7) is 0. The average molecular weight is 179 g/mol. The second-order valence-electron chi connectivity index (χ2n) is 0.415. The first kappa shape index (κ1) is 15.9. The fourth-order valence-electron chi connectivity index (χ4n) is 0. The molecule has 0 aliphatic rings. The van der Waals surface area contributed by atoms with Crippen molar-refractivity contribution in [3.63, 3.8) is 0 Å². The van der Waals surface area contributed by atoms with E-state index in [9.17, 15) is 0 Å². The summed E-state index contributed by atoms with van der Waals surface area (Å²) in [4.78, 5) is 0. The summed E-state index contributed by atoms with van der Waals surface area (Å²) >= 11 is -5.12. The van der Waals surface area contributed by atoms with Crippen LogP contribution in [0.1, 0.15) is 1.43 Å². The van der Waals surface area contributed by atoms with Crippen LogP contribution in [0.3, 0.4) is 0 Å². The van der Waals surface area contributed by atoms with Crippen LogP contribution in [0, 0.1) is 0 Å². The van der Waals surface area contributed by atoms with Crippen LogP contribution in [0.25, 0.3) is 0 Å². The summed E-state index contributed by atoms with van der Waals surface area (Å²) < 4.78 is 31.8. The Labute approximate surface area is 86.2 Å². The Hall–Kier alpha value is 1.64. The summed E-state index contributed by atoms with van der Waals surface area (Å²) in [5.41, 5.74) is 0. The molecule has 0 spiro atoms.